The van der Waals surface area contributed by atoms with Crippen LogP contribution in [-0.4, -0.2) is 40.1 Å². The van der Waals surface area contributed by atoms with Crippen LogP contribution in [-0.2, 0) is 15.9 Å². The predicted molar refractivity (Wildman–Crippen MR) is 76.7 cm³/mol. The summed E-state index contributed by atoms with van der Waals surface area (Å²) in [6.45, 7) is 5.33. The molecule has 0 fully saturated rings. The maximum absolute atomic E-state index is 5.86. The molecule has 0 saturated heterocycles. The molecular formula is C15H25NO3. The van der Waals surface area contributed by atoms with Gasteiger partial charge in [0.2, 0.25) is 0 Å². The lowest BCUT2D eigenvalue weighted by atomic mass is 10.1. The molecule has 4 nitrogen and oxygen atoms in total. The number of hydrogen-bond donors (Lipinski definition) is 1. The van der Waals surface area contributed by atoms with Gasteiger partial charge in [0.05, 0.1) is 19.8 Å². The zero-order chi connectivity index (χ0) is 13.9. The van der Waals surface area contributed by atoms with Crippen molar-refractivity contribution in [3.63, 3.8) is 0 Å². The molecule has 0 saturated carbocycles. The van der Waals surface area contributed by atoms with Gasteiger partial charge < -0.3 is 19.9 Å². The van der Waals surface area contributed by atoms with Crippen molar-refractivity contribution >= 4 is 0 Å². The van der Waals surface area contributed by atoms with Gasteiger partial charge in [-0.05, 0) is 31.0 Å². The third-order valence-electron chi connectivity index (χ3n) is 2.82. The lowest BCUT2D eigenvalue weighted by molar-refractivity contribution is 0.0643. The molecule has 19 heavy (non-hydrogen) atoms. The van der Waals surface area contributed by atoms with Crippen molar-refractivity contribution in [2.75, 3.05) is 40.1 Å². The fourth-order valence-corrected chi connectivity index (χ4v) is 1.85. The quantitative estimate of drug-likeness (QED) is 0.658. The molecule has 0 amide bonds. The number of benzene rings is 1. The molecule has 1 aromatic carbocycles. The minimum atomic E-state index is 0.638. The molecule has 0 aliphatic heterocycles. The number of hydrogen-bond acceptors (Lipinski definition) is 4. The van der Waals surface area contributed by atoms with Crippen molar-refractivity contribution in [2.24, 2.45) is 5.73 Å². The molecule has 0 heterocycles. The van der Waals surface area contributed by atoms with Crippen molar-refractivity contribution in [1.82, 2.24) is 0 Å². The van der Waals surface area contributed by atoms with Crippen molar-refractivity contribution in [1.29, 1.82) is 0 Å². The van der Waals surface area contributed by atoms with Crippen LogP contribution in [0.4, 0.5) is 0 Å². The highest BCUT2D eigenvalue weighted by Crippen LogP contribution is 2.23. The largest absolute Gasteiger partial charge is 0.493 e. The average Bonchev–Trinajstić information content (AvgIpc) is 2.41. The van der Waals surface area contributed by atoms with Crippen molar-refractivity contribution < 1.29 is 14.2 Å². The summed E-state index contributed by atoms with van der Waals surface area (Å²) in [6.07, 6.45) is 1.72. The third kappa shape index (κ3) is 6.05. The van der Waals surface area contributed by atoms with Crippen LogP contribution < -0.4 is 10.5 Å². The summed E-state index contributed by atoms with van der Waals surface area (Å²) in [6, 6.07) is 6.18. The van der Waals surface area contributed by atoms with Crippen LogP contribution in [0.15, 0.2) is 18.2 Å². The van der Waals surface area contributed by atoms with E-state index in [2.05, 4.69) is 19.1 Å². The van der Waals surface area contributed by atoms with Gasteiger partial charge >= 0.3 is 0 Å². The Morgan fingerprint density at radius 3 is 2.68 bits per heavy atom. The van der Waals surface area contributed by atoms with Crippen LogP contribution in [0.2, 0.25) is 0 Å². The Balaban J connectivity index is 2.32. The van der Waals surface area contributed by atoms with Crippen LogP contribution >= 0.6 is 0 Å². The maximum Gasteiger partial charge on any atom is 0.125 e. The Bertz CT molecular complexity index is 355. The fraction of sp³-hybridized carbons (Fsp3) is 0.600. The normalized spacial score (nSPS) is 10.7. The smallest absolute Gasteiger partial charge is 0.125 e. The van der Waals surface area contributed by atoms with E-state index in [0.717, 1.165) is 24.2 Å². The molecule has 0 aliphatic rings. The molecule has 1 aromatic rings. The van der Waals surface area contributed by atoms with Crippen molar-refractivity contribution in [3.05, 3.63) is 29.3 Å². The van der Waals surface area contributed by atoms with Crippen molar-refractivity contribution in [3.8, 4) is 5.75 Å². The van der Waals surface area contributed by atoms with Crippen LogP contribution in [0.25, 0.3) is 0 Å². The number of methoxy groups -OCH3 is 1. The summed E-state index contributed by atoms with van der Waals surface area (Å²) in [5, 5.41) is 0. The van der Waals surface area contributed by atoms with E-state index in [0.29, 0.717) is 33.0 Å². The summed E-state index contributed by atoms with van der Waals surface area (Å²) in [5.74, 6) is 0.977. The Morgan fingerprint density at radius 2 is 1.95 bits per heavy atom. The first-order valence-corrected chi connectivity index (χ1v) is 6.77. The first kappa shape index (κ1) is 16.0. The van der Waals surface area contributed by atoms with Gasteiger partial charge in [0, 0.05) is 20.1 Å². The standard InChI is InChI=1S/C15H25NO3/c1-13-5-3-6-14(7-8-16)15(13)19-10-4-9-18-12-11-17-2/h3,5-6H,4,7-12,16H2,1-2H3. The Hall–Kier alpha value is -1.10. The first-order valence-electron chi connectivity index (χ1n) is 6.77. The SMILES string of the molecule is COCCOCCCOc1c(C)cccc1CCN. The summed E-state index contributed by atoms with van der Waals surface area (Å²) in [7, 11) is 1.67. The fourth-order valence-electron chi connectivity index (χ4n) is 1.85. The van der Waals surface area contributed by atoms with Gasteiger partial charge in [0.25, 0.3) is 0 Å². The molecule has 2 N–H and O–H groups in total. The van der Waals surface area contributed by atoms with E-state index in [-0.39, 0.29) is 0 Å². The summed E-state index contributed by atoms with van der Waals surface area (Å²) < 4.78 is 16.2. The van der Waals surface area contributed by atoms with E-state index < -0.39 is 0 Å². The average molecular weight is 267 g/mol. The zero-order valence-electron chi connectivity index (χ0n) is 12.0. The van der Waals surface area contributed by atoms with Gasteiger partial charge in [-0.2, -0.15) is 0 Å². The highest BCUT2D eigenvalue weighted by Gasteiger charge is 2.06. The van der Waals surface area contributed by atoms with Gasteiger partial charge in [-0.25, -0.2) is 0 Å². The van der Waals surface area contributed by atoms with Gasteiger partial charge in [-0.15, -0.1) is 0 Å². The molecule has 0 bridgehead atoms. The Kier molecular flexibility index (Phi) is 8.21. The van der Waals surface area contributed by atoms with Crippen LogP contribution in [0.5, 0.6) is 5.75 Å². The number of para-hydroxylation sites is 1. The van der Waals surface area contributed by atoms with E-state index in [1.165, 1.54) is 5.56 Å². The first-order chi connectivity index (χ1) is 9.29. The molecule has 0 aliphatic carbocycles. The van der Waals surface area contributed by atoms with Gasteiger partial charge in [0.15, 0.2) is 0 Å². The molecule has 0 spiro atoms. The minimum Gasteiger partial charge on any atom is -0.493 e. The summed E-state index contributed by atoms with van der Waals surface area (Å²) in [5.41, 5.74) is 7.96. The molecular weight excluding hydrogens is 242 g/mol. The second-order valence-electron chi connectivity index (χ2n) is 4.41. The van der Waals surface area contributed by atoms with Gasteiger partial charge in [-0.3, -0.25) is 0 Å². The number of nitrogens with two attached hydrogens (primary N) is 1. The minimum absolute atomic E-state index is 0.638. The lowest BCUT2D eigenvalue weighted by Gasteiger charge is -2.13. The number of aryl methyl sites for hydroxylation is 1. The number of rotatable bonds is 10. The molecule has 0 aromatic heterocycles. The topological polar surface area (TPSA) is 53.7 Å². The van der Waals surface area contributed by atoms with E-state index in [4.69, 9.17) is 19.9 Å². The molecule has 0 unspecified atom stereocenters. The van der Waals surface area contributed by atoms with E-state index in [1.807, 2.05) is 6.07 Å². The highest BCUT2D eigenvalue weighted by molar-refractivity contribution is 5.40. The molecule has 4 heteroatoms. The Labute approximate surface area is 115 Å². The molecule has 0 radical (unpaired) electrons. The molecule has 1 rings (SSSR count). The summed E-state index contributed by atoms with van der Waals surface area (Å²) >= 11 is 0. The van der Waals surface area contributed by atoms with E-state index in [1.54, 1.807) is 7.11 Å². The lowest BCUT2D eigenvalue weighted by Crippen LogP contribution is -2.09. The highest BCUT2D eigenvalue weighted by atomic mass is 16.5. The Morgan fingerprint density at radius 1 is 1.11 bits per heavy atom. The number of ether oxygens (including phenoxy) is 3. The second-order valence-corrected chi connectivity index (χ2v) is 4.41. The van der Waals surface area contributed by atoms with Crippen LogP contribution in [0.1, 0.15) is 17.5 Å². The zero-order valence-corrected chi connectivity index (χ0v) is 12.0. The molecule has 108 valence electrons. The monoisotopic (exact) mass is 267 g/mol. The van der Waals surface area contributed by atoms with Gasteiger partial charge in [-0.1, -0.05) is 18.2 Å². The summed E-state index contributed by atoms with van der Waals surface area (Å²) in [4.78, 5) is 0. The molecule has 0 atom stereocenters. The third-order valence-corrected chi connectivity index (χ3v) is 2.82. The predicted octanol–water partition coefficient (Wildman–Crippen LogP) is 1.93. The van der Waals surface area contributed by atoms with Crippen molar-refractivity contribution in [2.45, 2.75) is 19.8 Å². The van der Waals surface area contributed by atoms with Crippen LogP contribution in [0.3, 0.4) is 0 Å². The van der Waals surface area contributed by atoms with Gasteiger partial charge in [0.1, 0.15) is 5.75 Å². The maximum atomic E-state index is 5.86. The van der Waals surface area contributed by atoms with E-state index in [9.17, 15) is 0 Å². The van der Waals surface area contributed by atoms with Crippen LogP contribution in [0, 0.1) is 6.92 Å². The second kappa shape index (κ2) is 9.78. The van der Waals surface area contributed by atoms with E-state index >= 15 is 0 Å².